The zero-order valence-corrected chi connectivity index (χ0v) is 10.6. The van der Waals surface area contributed by atoms with Gasteiger partial charge in [0.25, 0.3) is 0 Å². The maximum Gasteiger partial charge on any atom is 0.389 e. The van der Waals surface area contributed by atoms with Gasteiger partial charge in [0, 0.05) is 6.42 Å². The van der Waals surface area contributed by atoms with Crippen molar-refractivity contribution in [2.24, 2.45) is 11.8 Å². The van der Waals surface area contributed by atoms with Gasteiger partial charge in [-0.3, -0.25) is 0 Å². The lowest BCUT2D eigenvalue weighted by Gasteiger charge is -2.25. The number of alkyl halides is 3. The molecular formula is C13H22F3N. The molecule has 1 rings (SSSR count). The monoisotopic (exact) mass is 249 g/mol. The average Bonchev–Trinajstić information content (AvgIpc) is 2.13. The van der Waals surface area contributed by atoms with E-state index in [9.17, 15) is 13.2 Å². The Balaban J connectivity index is 2.10. The molecule has 0 amide bonds. The van der Waals surface area contributed by atoms with Crippen LogP contribution in [0.1, 0.15) is 39.5 Å². The minimum Gasteiger partial charge on any atom is -0.316 e. The number of allylic oxidation sites excluding steroid dienone is 2. The van der Waals surface area contributed by atoms with Gasteiger partial charge < -0.3 is 5.32 Å². The highest BCUT2D eigenvalue weighted by Crippen LogP contribution is 2.27. The van der Waals surface area contributed by atoms with Crippen molar-refractivity contribution >= 4 is 0 Å². The van der Waals surface area contributed by atoms with Gasteiger partial charge in [-0.05, 0) is 51.1 Å². The molecule has 0 aromatic rings. The number of hydrogen-bond donors (Lipinski definition) is 1. The summed E-state index contributed by atoms with van der Waals surface area (Å²) in [4.78, 5) is 0. The highest BCUT2D eigenvalue weighted by molar-refractivity contribution is 5.06. The Morgan fingerprint density at radius 2 is 2.12 bits per heavy atom. The molecule has 0 aromatic heterocycles. The summed E-state index contributed by atoms with van der Waals surface area (Å²) in [5.74, 6) is 1.19. The van der Waals surface area contributed by atoms with Gasteiger partial charge in [-0.25, -0.2) is 0 Å². The molecule has 17 heavy (non-hydrogen) atoms. The molecule has 0 radical (unpaired) electrons. The first-order chi connectivity index (χ1) is 7.87. The van der Waals surface area contributed by atoms with Crippen molar-refractivity contribution in [3.63, 3.8) is 0 Å². The molecule has 2 atom stereocenters. The van der Waals surface area contributed by atoms with Crippen molar-refractivity contribution in [1.82, 2.24) is 5.32 Å². The molecule has 2 unspecified atom stereocenters. The van der Waals surface area contributed by atoms with Crippen LogP contribution in [-0.4, -0.2) is 19.3 Å². The van der Waals surface area contributed by atoms with Gasteiger partial charge in [0.2, 0.25) is 0 Å². The van der Waals surface area contributed by atoms with Crippen molar-refractivity contribution in [2.75, 3.05) is 13.1 Å². The van der Waals surface area contributed by atoms with E-state index < -0.39 is 12.6 Å². The summed E-state index contributed by atoms with van der Waals surface area (Å²) in [6.07, 6.45) is 0.00132. The summed E-state index contributed by atoms with van der Waals surface area (Å²) in [6, 6.07) is 0. The molecule has 0 saturated heterocycles. The Kier molecular flexibility index (Phi) is 5.50. The molecule has 0 bridgehead atoms. The van der Waals surface area contributed by atoms with Crippen LogP contribution in [0.5, 0.6) is 0 Å². The zero-order chi connectivity index (χ0) is 12.9. The molecule has 0 saturated carbocycles. The van der Waals surface area contributed by atoms with E-state index in [1.54, 1.807) is 0 Å². The first-order valence-electron chi connectivity index (χ1n) is 6.31. The van der Waals surface area contributed by atoms with Crippen molar-refractivity contribution in [2.45, 2.75) is 45.7 Å². The minimum absolute atomic E-state index is 0.181. The highest BCUT2D eigenvalue weighted by Gasteiger charge is 2.26. The predicted octanol–water partition coefficient (Wildman–Crippen LogP) is 3.91. The Labute approximate surface area is 101 Å². The number of nitrogens with one attached hydrogen (secondary N) is 1. The number of rotatable bonds is 5. The Hall–Kier alpha value is -0.510. The molecule has 0 spiro atoms. The van der Waals surface area contributed by atoms with Crippen LogP contribution in [0.4, 0.5) is 13.2 Å². The highest BCUT2D eigenvalue weighted by atomic mass is 19.4. The lowest BCUT2D eigenvalue weighted by Crippen LogP contribution is -2.27. The molecule has 1 aliphatic carbocycles. The largest absolute Gasteiger partial charge is 0.389 e. The van der Waals surface area contributed by atoms with Gasteiger partial charge in [0.15, 0.2) is 0 Å². The Morgan fingerprint density at radius 1 is 1.41 bits per heavy atom. The van der Waals surface area contributed by atoms with E-state index in [-0.39, 0.29) is 6.42 Å². The van der Waals surface area contributed by atoms with Gasteiger partial charge in [-0.2, -0.15) is 13.2 Å². The summed E-state index contributed by atoms with van der Waals surface area (Å²) >= 11 is 0. The molecule has 0 aromatic carbocycles. The summed E-state index contributed by atoms with van der Waals surface area (Å²) in [5, 5.41) is 3.14. The van der Waals surface area contributed by atoms with E-state index >= 15 is 0 Å². The van der Waals surface area contributed by atoms with Gasteiger partial charge in [0.05, 0.1) is 0 Å². The van der Waals surface area contributed by atoms with Crippen molar-refractivity contribution in [3.05, 3.63) is 11.6 Å². The van der Waals surface area contributed by atoms with Crippen molar-refractivity contribution in [3.8, 4) is 0 Å². The first kappa shape index (κ1) is 14.6. The molecule has 4 heteroatoms. The first-order valence-corrected chi connectivity index (χ1v) is 6.31. The number of hydrogen-bond acceptors (Lipinski definition) is 1. The van der Waals surface area contributed by atoms with E-state index in [2.05, 4.69) is 25.2 Å². The third kappa shape index (κ3) is 6.71. The quantitative estimate of drug-likeness (QED) is 0.575. The third-order valence-electron chi connectivity index (χ3n) is 3.13. The maximum atomic E-state index is 11.9. The van der Waals surface area contributed by atoms with Crippen LogP contribution in [0.25, 0.3) is 0 Å². The lowest BCUT2D eigenvalue weighted by atomic mass is 9.84. The summed E-state index contributed by atoms with van der Waals surface area (Å²) in [7, 11) is 0. The van der Waals surface area contributed by atoms with E-state index in [1.165, 1.54) is 5.57 Å². The molecule has 0 fully saturated rings. The molecule has 1 N–H and O–H groups in total. The van der Waals surface area contributed by atoms with Crippen molar-refractivity contribution in [1.29, 1.82) is 0 Å². The van der Waals surface area contributed by atoms with E-state index in [1.807, 2.05) is 0 Å². The van der Waals surface area contributed by atoms with E-state index in [4.69, 9.17) is 0 Å². The Morgan fingerprint density at radius 3 is 2.71 bits per heavy atom. The topological polar surface area (TPSA) is 12.0 Å². The molecule has 1 nitrogen and oxygen atoms in total. The molecule has 0 aliphatic heterocycles. The summed E-state index contributed by atoms with van der Waals surface area (Å²) in [5.41, 5.74) is 1.41. The molecule has 100 valence electrons. The van der Waals surface area contributed by atoms with Crippen LogP contribution in [0.15, 0.2) is 11.6 Å². The van der Waals surface area contributed by atoms with Gasteiger partial charge in [0.1, 0.15) is 0 Å². The maximum absolute atomic E-state index is 11.9. The third-order valence-corrected chi connectivity index (χ3v) is 3.13. The van der Waals surface area contributed by atoms with Crippen LogP contribution >= 0.6 is 0 Å². The Bertz CT molecular complexity index is 258. The van der Waals surface area contributed by atoms with Crippen LogP contribution in [0.3, 0.4) is 0 Å². The molecular weight excluding hydrogens is 227 g/mol. The summed E-state index contributed by atoms with van der Waals surface area (Å²) in [6.45, 7) is 5.63. The second-order valence-electron chi connectivity index (χ2n) is 5.22. The van der Waals surface area contributed by atoms with Crippen LogP contribution in [0, 0.1) is 11.8 Å². The standard InChI is InChI=1S/C13H22F3N/c1-10-6-11(2)8-12(7-10)9-17-5-3-4-13(14,15)16/h6,10,12,17H,3-5,7-9H2,1-2H3. The summed E-state index contributed by atoms with van der Waals surface area (Å²) < 4.78 is 35.7. The van der Waals surface area contributed by atoms with Crippen LogP contribution in [-0.2, 0) is 0 Å². The van der Waals surface area contributed by atoms with Gasteiger partial charge in [-0.1, -0.05) is 18.6 Å². The molecule has 1 aliphatic rings. The SMILES string of the molecule is CC1=CC(C)CC(CNCCCC(F)(F)F)C1. The number of halogens is 3. The van der Waals surface area contributed by atoms with Crippen LogP contribution < -0.4 is 5.32 Å². The second-order valence-corrected chi connectivity index (χ2v) is 5.22. The molecule has 0 heterocycles. The van der Waals surface area contributed by atoms with Gasteiger partial charge >= 0.3 is 6.18 Å². The fourth-order valence-electron chi connectivity index (χ4n) is 2.56. The predicted molar refractivity (Wildman–Crippen MR) is 63.8 cm³/mol. The smallest absolute Gasteiger partial charge is 0.316 e. The lowest BCUT2D eigenvalue weighted by molar-refractivity contribution is -0.135. The van der Waals surface area contributed by atoms with Gasteiger partial charge in [-0.15, -0.1) is 0 Å². The van der Waals surface area contributed by atoms with Crippen molar-refractivity contribution < 1.29 is 13.2 Å². The van der Waals surface area contributed by atoms with Crippen LogP contribution in [0.2, 0.25) is 0 Å². The minimum atomic E-state index is -4.01. The second kappa shape index (κ2) is 6.43. The fraction of sp³-hybridized carbons (Fsp3) is 0.846. The fourth-order valence-corrected chi connectivity index (χ4v) is 2.56. The average molecular weight is 249 g/mol. The van der Waals surface area contributed by atoms with E-state index in [0.29, 0.717) is 18.4 Å². The zero-order valence-electron chi connectivity index (χ0n) is 10.6. The van der Waals surface area contributed by atoms with E-state index in [0.717, 1.165) is 19.4 Å². The normalized spacial score (nSPS) is 25.8.